The number of amides is 1. The highest BCUT2D eigenvalue weighted by Gasteiger charge is 2.08. The molecule has 0 saturated heterocycles. The van der Waals surface area contributed by atoms with E-state index in [9.17, 15) is 9.59 Å². The van der Waals surface area contributed by atoms with Crippen LogP contribution in [0.5, 0.6) is 5.75 Å². The number of carbonyl (C=O) groups excluding carboxylic acids is 2. The van der Waals surface area contributed by atoms with E-state index < -0.39 is 11.9 Å². The van der Waals surface area contributed by atoms with Crippen molar-refractivity contribution in [1.29, 1.82) is 5.26 Å². The highest BCUT2D eigenvalue weighted by molar-refractivity contribution is 6.01. The Labute approximate surface area is 134 Å². The Bertz CT molecular complexity index is 602. The first-order chi connectivity index (χ1) is 11.1. The van der Waals surface area contributed by atoms with Gasteiger partial charge in [0.1, 0.15) is 17.4 Å². The Kier molecular flexibility index (Phi) is 7.89. The number of methoxy groups -OCH3 is 2. The third kappa shape index (κ3) is 6.63. The lowest BCUT2D eigenvalue weighted by atomic mass is 10.1. The number of nitrogens with zero attached hydrogens (tertiary/aromatic N) is 1. The maximum absolute atomic E-state index is 11.8. The molecule has 1 amide bonds. The summed E-state index contributed by atoms with van der Waals surface area (Å²) in [6.45, 7) is 0.516. The fraction of sp³-hybridized carbons (Fsp3) is 0.312. The summed E-state index contributed by atoms with van der Waals surface area (Å²) >= 11 is 0. The molecule has 0 heterocycles. The third-order valence-electron chi connectivity index (χ3n) is 2.73. The van der Waals surface area contributed by atoms with Gasteiger partial charge in [-0.1, -0.05) is 12.1 Å². The highest BCUT2D eigenvalue weighted by atomic mass is 16.6. The quantitative estimate of drug-likeness (QED) is 0.331. The van der Waals surface area contributed by atoms with Crippen molar-refractivity contribution in [2.45, 2.75) is 0 Å². The summed E-state index contributed by atoms with van der Waals surface area (Å²) in [5, 5.41) is 11.6. The normalized spacial score (nSPS) is 10.6. The molecule has 122 valence electrons. The van der Waals surface area contributed by atoms with Crippen molar-refractivity contribution >= 4 is 18.0 Å². The van der Waals surface area contributed by atoms with E-state index in [1.165, 1.54) is 20.3 Å². The van der Waals surface area contributed by atoms with Crippen LogP contribution < -0.4 is 10.1 Å². The zero-order valence-corrected chi connectivity index (χ0v) is 13.0. The average molecular weight is 318 g/mol. The number of esters is 1. The van der Waals surface area contributed by atoms with Crippen LogP contribution in [-0.2, 0) is 19.1 Å². The largest absolute Gasteiger partial charge is 0.482 e. The highest BCUT2D eigenvalue weighted by Crippen LogP contribution is 2.14. The summed E-state index contributed by atoms with van der Waals surface area (Å²) in [5.41, 5.74) is 0.651. The molecule has 0 aliphatic rings. The van der Waals surface area contributed by atoms with Crippen molar-refractivity contribution in [2.75, 3.05) is 34.0 Å². The van der Waals surface area contributed by atoms with Crippen LogP contribution in [0.2, 0.25) is 0 Å². The fourth-order valence-electron chi connectivity index (χ4n) is 1.54. The summed E-state index contributed by atoms with van der Waals surface area (Å²) in [5.74, 6) is -0.459. The van der Waals surface area contributed by atoms with Crippen LogP contribution in [0.1, 0.15) is 5.56 Å². The van der Waals surface area contributed by atoms with E-state index in [2.05, 4.69) is 10.1 Å². The lowest BCUT2D eigenvalue weighted by molar-refractivity contribution is -0.142. The number of nitrogens with one attached hydrogen (secondary N) is 1. The van der Waals surface area contributed by atoms with E-state index in [0.717, 1.165) is 0 Å². The first-order valence-corrected chi connectivity index (χ1v) is 6.79. The van der Waals surface area contributed by atoms with Crippen molar-refractivity contribution in [3.05, 3.63) is 35.4 Å². The van der Waals surface area contributed by atoms with Crippen LogP contribution in [0.15, 0.2) is 29.8 Å². The van der Waals surface area contributed by atoms with Crippen LogP contribution in [0.4, 0.5) is 0 Å². The molecule has 1 N–H and O–H groups in total. The molecular weight excluding hydrogens is 300 g/mol. The van der Waals surface area contributed by atoms with Gasteiger partial charge in [-0.3, -0.25) is 4.79 Å². The molecule has 7 nitrogen and oxygen atoms in total. The van der Waals surface area contributed by atoms with Crippen LogP contribution in [0.3, 0.4) is 0 Å². The lowest BCUT2D eigenvalue weighted by Crippen LogP contribution is -2.27. The van der Waals surface area contributed by atoms with E-state index in [-0.39, 0.29) is 12.2 Å². The minimum atomic E-state index is -0.478. The number of nitriles is 1. The van der Waals surface area contributed by atoms with Crippen molar-refractivity contribution in [3.8, 4) is 11.8 Å². The molecule has 0 unspecified atom stereocenters. The molecule has 1 aromatic carbocycles. The van der Waals surface area contributed by atoms with Gasteiger partial charge in [-0.25, -0.2) is 4.79 Å². The number of benzene rings is 1. The van der Waals surface area contributed by atoms with Gasteiger partial charge in [-0.05, 0) is 23.8 Å². The van der Waals surface area contributed by atoms with Gasteiger partial charge in [-0.2, -0.15) is 5.26 Å². The van der Waals surface area contributed by atoms with Gasteiger partial charge in [-0.15, -0.1) is 0 Å². The summed E-state index contributed by atoms with van der Waals surface area (Å²) in [6.07, 6.45) is 1.46. The predicted molar refractivity (Wildman–Crippen MR) is 82.4 cm³/mol. The zero-order chi connectivity index (χ0) is 17.1. The molecule has 7 heteroatoms. The van der Waals surface area contributed by atoms with Crippen molar-refractivity contribution < 1.29 is 23.8 Å². The molecule has 0 aliphatic carbocycles. The Hall–Kier alpha value is -2.85. The van der Waals surface area contributed by atoms with Crippen LogP contribution in [0, 0.1) is 11.3 Å². The number of carbonyl (C=O) groups is 2. The first-order valence-electron chi connectivity index (χ1n) is 6.79. The van der Waals surface area contributed by atoms with E-state index >= 15 is 0 Å². The molecule has 0 aliphatic heterocycles. The number of hydrogen-bond donors (Lipinski definition) is 1. The van der Waals surface area contributed by atoms with Gasteiger partial charge in [0, 0.05) is 13.7 Å². The van der Waals surface area contributed by atoms with Gasteiger partial charge in [0.15, 0.2) is 6.61 Å². The molecule has 0 atom stereocenters. The van der Waals surface area contributed by atoms with Gasteiger partial charge in [0.05, 0.1) is 13.7 Å². The first kappa shape index (κ1) is 18.2. The molecule has 1 rings (SSSR count). The van der Waals surface area contributed by atoms with Crippen molar-refractivity contribution in [1.82, 2.24) is 5.32 Å². The van der Waals surface area contributed by atoms with E-state index in [0.29, 0.717) is 24.5 Å². The Morgan fingerprint density at radius 3 is 2.52 bits per heavy atom. The fourth-order valence-corrected chi connectivity index (χ4v) is 1.54. The Balaban J connectivity index is 2.68. The molecule has 0 saturated carbocycles. The number of rotatable bonds is 8. The number of ether oxygens (including phenoxy) is 3. The average Bonchev–Trinajstić information content (AvgIpc) is 2.58. The second-order valence-corrected chi connectivity index (χ2v) is 4.35. The minimum Gasteiger partial charge on any atom is -0.482 e. The molecule has 0 aromatic heterocycles. The van der Waals surface area contributed by atoms with Gasteiger partial charge in [0.2, 0.25) is 0 Å². The summed E-state index contributed by atoms with van der Waals surface area (Å²) < 4.78 is 14.5. The summed E-state index contributed by atoms with van der Waals surface area (Å²) in [6, 6.07) is 8.46. The smallest absolute Gasteiger partial charge is 0.343 e. The van der Waals surface area contributed by atoms with Crippen molar-refractivity contribution in [3.63, 3.8) is 0 Å². The monoisotopic (exact) mass is 318 g/mol. The Morgan fingerprint density at radius 2 is 1.96 bits per heavy atom. The van der Waals surface area contributed by atoms with Gasteiger partial charge >= 0.3 is 5.97 Å². The van der Waals surface area contributed by atoms with E-state index in [4.69, 9.17) is 14.7 Å². The maximum Gasteiger partial charge on any atom is 0.343 e. The standard InChI is InChI=1S/C16H18N2O5/c1-21-8-7-18-16(20)13(10-17)9-12-3-5-14(6-4-12)23-11-15(19)22-2/h3-6,9H,7-8,11H2,1-2H3,(H,18,20)/b13-9+. The number of hydrogen-bond acceptors (Lipinski definition) is 6. The van der Waals surface area contributed by atoms with Crippen LogP contribution >= 0.6 is 0 Å². The SMILES string of the molecule is COCCNC(=O)/C(C#N)=C/c1ccc(OCC(=O)OC)cc1. The zero-order valence-electron chi connectivity index (χ0n) is 13.0. The van der Waals surface area contributed by atoms with Gasteiger partial charge in [0.25, 0.3) is 5.91 Å². The van der Waals surface area contributed by atoms with Gasteiger partial charge < -0.3 is 19.5 Å². The molecule has 0 radical (unpaired) electrons. The third-order valence-corrected chi connectivity index (χ3v) is 2.73. The van der Waals surface area contributed by atoms with E-state index in [1.54, 1.807) is 24.3 Å². The second-order valence-electron chi connectivity index (χ2n) is 4.35. The molecule has 1 aromatic rings. The second kappa shape index (κ2) is 9.97. The maximum atomic E-state index is 11.8. The van der Waals surface area contributed by atoms with Crippen LogP contribution in [-0.4, -0.2) is 45.9 Å². The Morgan fingerprint density at radius 1 is 1.26 bits per heavy atom. The van der Waals surface area contributed by atoms with Crippen LogP contribution in [0.25, 0.3) is 6.08 Å². The van der Waals surface area contributed by atoms with Crippen molar-refractivity contribution in [2.24, 2.45) is 0 Å². The predicted octanol–water partition coefficient (Wildman–Crippen LogP) is 0.908. The molecular formula is C16H18N2O5. The van der Waals surface area contributed by atoms with E-state index in [1.807, 2.05) is 6.07 Å². The summed E-state index contributed by atoms with van der Waals surface area (Å²) in [7, 11) is 2.80. The molecule has 23 heavy (non-hydrogen) atoms. The lowest BCUT2D eigenvalue weighted by Gasteiger charge is -2.05. The molecule has 0 fully saturated rings. The minimum absolute atomic E-state index is 0.00988. The topological polar surface area (TPSA) is 97.6 Å². The summed E-state index contributed by atoms with van der Waals surface area (Å²) in [4.78, 5) is 22.8. The molecule has 0 spiro atoms. The molecule has 0 bridgehead atoms.